The molecule has 0 radical (unpaired) electrons. The summed E-state index contributed by atoms with van der Waals surface area (Å²) in [5, 5.41) is 25.1. The summed E-state index contributed by atoms with van der Waals surface area (Å²) >= 11 is 0. The molecule has 0 aliphatic carbocycles. The maximum absolute atomic E-state index is 9.22. The van der Waals surface area contributed by atoms with Gasteiger partial charge in [-0.3, -0.25) is 0 Å². The third-order valence-electron chi connectivity index (χ3n) is 4.48. The molecule has 0 aromatic heterocycles. The van der Waals surface area contributed by atoms with Gasteiger partial charge in [0.2, 0.25) is 0 Å². The van der Waals surface area contributed by atoms with Crippen LogP contribution in [0.2, 0.25) is 0 Å². The van der Waals surface area contributed by atoms with Crippen molar-refractivity contribution in [1.29, 1.82) is 0 Å². The standard InChI is InChI=1S/C20H17BO3/c1-2-13-9-19-17(20(10-13)24-21(22)23)8-7-16-11-14-5-3-4-6-15(14)12-18(16)19/h3-12,22-23H,2H2,1H3. The second-order valence-electron chi connectivity index (χ2n) is 5.97. The first-order chi connectivity index (χ1) is 11.7. The van der Waals surface area contributed by atoms with Crippen LogP contribution in [0.15, 0.2) is 60.7 Å². The van der Waals surface area contributed by atoms with Gasteiger partial charge < -0.3 is 14.7 Å². The monoisotopic (exact) mass is 316 g/mol. The van der Waals surface area contributed by atoms with E-state index >= 15 is 0 Å². The number of fused-ring (bicyclic) bond motifs is 4. The van der Waals surface area contributed by atoms with E-state index in [4.69, 9.17) is 4.65 Å². The predicted octanol–water partition coefficient (Wildman–Crippen LogP) is 4.06. The first kappa shape index (κ1) is 15.0. The Kier molecular flexibility index (Phi) is 3.64. The van der Waals surface area contributed by atoms with Gasteiger partial charge in [-0.15, -0.1) is 0 Å². The number of aryl methyl sites for hydroxylation is 1. The van der Waals surface area contributed by atoms with Gasteiger partial charge in [0, 0.05) is 5.39 Å². The molecule has 0 aliphatic heterocycles. The van der Waals surface area contributed by atoms with E-state index < -0.39 is 7.32 Å². The summed E-state index contributed by atoms with van der Waals surface area (Å²) in [6.07, 6.45) is 0.845. The fourth-order valence-electron chi connectivity index (χ4n) is 3.30. The zero-order valence-electron chi connectivity index (χ0n) is 13.4. The molecule has 0 saturated carbocycles. The number of hydrogen-bond acceptors (Lipinski definition) is 3. The Labute approximate surface area is 140 Å². The molecule has 0 saturated heterocycles. The first-order valence-electron chi connectivity index (χ1n) is 8.06. The van der Waals surface area contributed by atoms with Crippen LogP contribution >= 0.6 is 0 Å². The average molecular weight is 316 g/mol. The average Bonchev–Trinajstić information content (AvgIpc) is 2.59. The van der Waals surface area contributed by atoms with Crippen molar-refractivity contribution in [1.82, 2.24) is 0 Å². The van der Waals surface area contributed by atoms with Gasteiger partial charge in [-0.05, 0) is 57.1 Å². The van der Waals surface area contributed by atoms with Gasteiger partial charge in [0.05, 0.1) is 0 Å². The van der Waals surface area contributed by atoms with Crippen LogP contribution in [-0.4, -0.2) is 17.4 Å². The molecule has 0 amide bonds. The van der Waals surface area contributed by atoms with Crippen molar-refractivity contribution in [2.24, 2.45) is 0 Å². The highest BCUT2D eigenvalue weighted by molar-refractivity contribution is 6.34. The molecule has 0 unspecified atom stereocenters. The molecule has 0 spiro atoms. The van der Waals surface area contributed by atoms with Gasteiger partial charge in [-0.2, -0.15) is 0 Å². The highest BCUT2D eigenvalue weighted by Crippen LogP contribution is 2.35. The van der Waals surface area contributed by atoms with Gasteiger partial charge >= 0.3 is 7.32 Å². The number of benzene rings is 4. The lowest BCUT2D eigenvalue weighted by Crippen LogP contribution is -2.20. The molecule has 4 aromatic carbocycles. The summed E-state index contributed by atoms with van der Waals surface area (Å²) in [6.45, 7) is 2.07. The molecule has 4 heteroatoms. The SMILES string of the molecule is CCc1cc(OB(O)O)c2ccc3cc4ccccc4cc3c2c1. The Hall–Kier alpha value is -2.56. The Morgan fingerprint density at radius 2 is 1.54 bits per heavy atom. The van der Waals surface area contributed by atoms with E-state index in [0.29, 0.717) is 5.75 Å². The number of hydrogen-bond donors (Lipinski definition) is 2. The maximum atomic E-state index is 9.22. The Morgan fingerprint density at radius 1 is 0.792 bits per heavy atom. The number of rotatable bonds is 3. The van der Waals surface area contributed by atoms with Crippen molar-refractivity contribution in [2.45, 2.75) is 13.3 Å². The highest BCUT2D eigenvalue weighted by Gasteiger charge is 2.15. The minimum absolute atomic E-state index is 0.495. The molecule has 0 heterocycles. The summed E-state index contributed by atoms with van der Waals surface area (Å²) in [5.74, 6) is 0.495. The molecule has 0 atom stereocenters. The predicted molar refractivity (Wildman–Crippen MR) is 99.2 cm³/mol. The lowest BCUT2D eigenvalue weighted by molar-refractivity contribution is 0.289. The van der Waals surface area contributed by atoms with Crippen LogP contribution in [0, 0.1) is 0 Å². The van der Waals surface area contributed by atoms with Gasteiger partial charge in [-0.25, -0.2) is 0 Å². The highest BCUT2D eigenvalue weighted by atomic mass is 16.6. The topological polar surface area (TPSA) is 49.7 Å². The van der Waals surface area contributed by atoms with Crippen LogP contribution < -0.4 is 4.65 Å². The summed E-state index contributed by atoms with van der Waals surface area (Å²) < 4.78 is 5.22. The molecule has 0 fully saturated rings. The minimum atomic E-state index is -1.83. The van der Waals surface area contributed by atoms with Crippen LogP contribution in [0.5, 0.6) is 5.75 Å². The molecule has 4 aromatic rings. The third kappa shape index (κ3) is 2.50. The van der Waals surface area contributed by atoms with Gasteiger partial charge in [0.1, 0.15) is 5.75 Å². The normalized spacial score (nSPS) is 11.3. The van der Waals surface area contributed by atoms with E-state index in [-0.39, 0.29) is 0 Å². The van der Waals surface area contributed by atoms with E-state index in [1.54, 1.807) is 0 Å². The maximum Gasteiger partial charge on any atom is 0.707 e. The smallest absolute Gasteiger partial charge is 0.511 e. The van der Waals surface area contributed by atoms with Gasteiger partial charge in [-0.1, -0.05) is 49.4 Å². The summed E-state index contributed by atoms with van der Waals surface area (Å²) in [7, 11) is -1.83. The van der Waals surface area contributed by atoms with Crippen molar-refractivity contribution in [2.75, 3.05) is 0 Å². The van der Waals surface area contributed by atoms with Crippen molar-refractivity contribution in [3.63, 3.8) is 0 Å². The van der Waals surface area contributed by atoms with Crippen molar-refractivity contribution >= 4 is 39.6 Å². The molecule has 4 rings (SSSR count). The largest absolute Gasteiger partial charge is 0.707 e. The quantitative estimate of drug-likeness (QED) is 0.340. The van der Waals surface area contributed by atoms with Gasteiger partial charge in [0.15, 0.2) is 0 Å². The Bertz CT molecular complexity index is 1060. The van der Waals surface area contributed by atoms with E-state index in [1.165, 1.54) is 10.8 Å². The molecule has 0 bridgehead atoms. The van der Waals surface area contributed by atoms with Crippen LogP contribution in [0.4, 0.5) is 0 Å². The fourth-order valence-corrected chi connectivity index (χ4v) is 3.30. The summed E-state index contributed by atoms with van der Waals surface area (Å²) in [5.41, 5.74) is 1.10. The molecule has 3 nitrogen and oxygen atoms in total. The van der Waals surface area contributed by atoms with E-state index in [2.05, 4.69) is 37.3 Å². The fraction of sp³-hybridized carbons (Fsp3) is 0.100. The van der Waals surface area contributed by atoms with Crippen LogP contribution in [0.1, 0.15) is 12.5 Å². The molecule has 24 heavy (non-hydrogen) atoms. The van der Waals surface area contributed by atoms with E-state index in [9.17, 15) is 10.0 Å². The van der Waals surface area contributed by atoms with Crippen LogP contribution in [-0.2, 0) is 6.42 Å². The van der Waals surface area contributed by atoms with E-state index in [1.807, 2.05) is 30.3 Å². The summed E-state index contributed by atoms with van der Waals surface area (Å²) in [4.78, 5) is 0. The van der Waals surface area contributed by atoms with Crippen LogP contribution in [0.3, 0.4) is 0 Å². The minimum Gasteiger partial charge on any atom is -0.511 e. The molecule has 0 aliphatic rings. The van der Waals surface area contributed by atoms with E-state index in [0.717, 1.165) is 33.5 Å². The Balaban J connectivity index is 2.10. The second kappa shape index (κ2) is 5.82. The molecule has 118 valence electrons. The summed E-state index contributed by atoms with van der Waals surface area (Å²) in [6, 6.07) is 20.7. The zero-order chi connectivity index (χ0) is 16.7. The van der Waals surface area contributed by atoms with Crippen molar-refractivity contribution in [3.05, 3.63) is 66.2 Å². The first-order valence-corrected chi connectivity index (χ1v) is 8.06. The van der Waals surface area contributed by atoms with Gasteiger partial charge in [0.25, 0.3) is 0 Å². The van der Waals surface area contributed by atoms with Crippen LogP contribution in [0.25, 0.3) is 32.3 Å². The molecular weight excluding hydrogens is 299 g/mol. The Morgan fingerprint density at radius 3 is 2.25 bits per heavy atom. The van der Waals surface area contributed by atoms with Crippen molar-refractivity contribution < 1.29 is 14.7 Å². The second-order valence-corrected chi connectivity index (χ2v) is 5.97. The van der Waals surface area contributed by atoms with Crippen molar-refractivity contribution in [3.8, 4) is 5.75 Å². The molecule has 2 N–H and O–H groups in total. The third-order valence-corrected chi connectivity index (χ3v) is 4.48. The molecular formula is C20H17BO3. The zero-order valence-corrected chi connectivity index (χ0v) is 13.4. The lowest BCUT2D eigenvalue weighted by Gasteiger charge is -2.13. The lowest BCUT2D eigenvalue weighted by atomic mass is 9.96.